The van der Waals surface area contributed by atoms with Gasteiger partial charge >= 0.3 is 0 Å². The number of aryl methyl sites for hydroxylation is 1. The van der Waals surface area contributed by atoms with Crippen molar-refractivity contribution in [2.75, 3.05) is 6.54 Å². The number of nitrogens with zero attached hydrogens (tertiary/aromatic N) is 3. The van der Waals surface area contributed by atoms with Crippen molar-refractivity contribution in [2.24, 2.45) is 0 Å². The Bertz CT molecular complexity index is 654. The molecule has 1 saturated heterocycles. The van der Waals surface area contributed by atoms with Gasteiger partial charge in [-0.1, -0.05) is 0 Å². The van der Waals surface area contributed by atoms with E-state index in [2.05, 4.69) is 19.9 Å². The molecule has 2 atom stereocenters. The van der Waals surface area contributed by atoms with E-state index in [1.807, 2.05) is 26.1 Å². The van der Waals surface area contributed by atoms with Gasteiger partial charge in [0.2, 0.25) is 5.91 Å². The number of aromatic nitrogens is 3. The molecule has 1 fully saturated rings. The van der Waals surface area contributed by atoms with Crippen molar-refractivity contribution >= 4 is 28.7 Å². The van der Waals surface area contributed by atoms with E-state index in [1.54, 1.807) is 0 Å². The first kappa shape index (κ1) is 13.4. The van der Waals surface area contributed by atoms with Gasteiger partial charge in [0, 0.05) is 19.2 Å². The first-order chi connectivity index (χ1) is 9.56. The van der Waals surface area contributed by atoms with Gasteiger partial charge in [-0.05, 0) is 31.9 Å². The highest BCUT2D eigenvalue weighted by Crippen LogP contribution is 2.30. The zero-order valence-electron chi connectivity index (χ0n) is 11.6. The molecule has 3 heterocycles. The molecule has 2 aromatic heterocycles. The van der Waals surface area contributed by atoms with E-state index in [0.29, 0.717) is 13.0 Å². The lowest BCUT2D eigenvalue weighted by Crippen LogP contribution is -2.36. The summed E-state index contributed by atoms with van der Waals surface area (Å²) in [6, 6.07) is 2.19. The van der Waals surface area contributed by atoms with Crippen LogP contribution in [0.4, 0.5) is 0 Å². The fourth-order valence-electron chi connectivity index (χ4n) is 2.68. The van der Waals surface area contributed by atoms with E-state index in [1.165, 1.54) is 0 Å². The standard InChI is InChI=1S/C14H17ClN4O/c1-8-5-11-14(17-6-8)19(13(18-11)9(2)15)10-3-4-12(20)16-7-10/h5-6,9-10H,3-4,7H2,1-2H3,(H,16,20). The number of piperidine rings is 1. The molecule has 3 rings (SSSR count). The second-order valence-corrected chi connectivity index (χ2v) is 5.96. The maximum Gasteiger partial charge on any atom is 0.220 e. The van der Waals surface area contributed by atoms with E-state index in [-0.39, 0.29) is 17.3 Å². The highest BCUT2D eigenvalue weighted by atomic mass is 35.5. The average molecular weight is 293 g/mol. The summed E-state index contributed by atoms with van der Waals surface area (Å²) >= 11 is 6.27. The minimum Gasteiger partial charge on any atom is -0.354 e. The number of hydrogen-bond donors (Lipinski definition) is 1. The molecule has 6 heteroatoms. The first-order valence-corrected chi connectivity index (χ1v) is 7.25. The van der Waals surface area contributed by atoms with Crippen LogP contribution in [0.1, 0.15) is 42.6 Å². The van der Waals surface area contributed by atoms with Crippen LogP contribution in [0.3, 0.4) is 0 Å². The number of rotatable bonds is 2. The number of nitrogens with one attached hydrogen (secondary N) is 1. The van der Waals surface area contributed by atoms with Crippen molar-refractivity contribution in [1.82, 2.24) is 19.9 Å². The number of hydrogen-bond acceptors (Lipinski definition) is 3. The molecule has 20 heavy (non-hydrogen) atoms. The molecule has 106 valence electrons. The van der Waals surface area contributed by atoms with E-state index >= 15 is 0 Å². The normalized spacial score (nSPS) is 20.9. The predicted molar refractivity (Wildman–Crippen MR) is 77.8 cm³/mol. The van der Waals surface area contributed by atoms with Gasteiger partial charge in [0.15, 0.2) is 5.65 Å². The first-order valence-electron chi connectivity index (χ1n) is 6.81. The molecule has 0 radical (unpaired) electrons. The quantitative estimate of drug-likeness (QED) is 0.865. The van der Waals surface area contributed by atoms with Crippen molar-refractivity contribution in [3.05, 3.63) is 23.7 Å². The Kier molecular flexibility index (Phi) is 3.38. The van der Waals surface area contributed by atoms with Gasteiger partial charge in [-0.25, -0.2) is 9.97 Å². The zero-order valence-corrected chi connectivity index (χ0v) is 12.3. The summed E-state index contributed by atoms with van der Waals surface area (Å²) in [5, 5.41) is 2.71. The van der Waals surface area contributed by atoms with Gasteiger partial charge in [0.05, 0.1) is 11.4 Å². The number of fused-ring (bicyclic) bond motifs is 1. The Morgan fingerprint density at radius 2 is 2.35 bits per heavy atom. The Labute approximate surface area is 122 Å². The fraction of sp³-hybridized carbons (Fsp3) is 0.500. The average Bonchev–Trinajstić information content (AvgIpc) is 2.78. The third-order valence-electron chi connectivity index (χ3n) is 3.65. The molecule has 0 spiro atoms. The number of alkyl halides is 1. The minimum atomic E-state index is -0.192. The summed E-state index contributed by atoms with van der Waals surface area (Å²) in [6.07, 6.45) is 3.17. The molecule has 5 nitrogen and oxygen atoms in total. The van der Waals surface area contributed by atoms with Crippen LogP contribution < -0.4 is 5.32 Å². The van der Waals surface area contributed by atoms with Crippen molar-refractivity contribution in [3.8, 4) is 0 Å². The monoisotopic (exact) mass is 292 g/mol. The molecule has 0 saturated carbocycles. The highest BCUT2D eigenvalue weighted by Gasteiger charge is 2.26. The number of carbonyl (C=O) groups excluding carboxylic acids is 1. The maximum absolute atomic E-state index is 11.3. The van der Waals surface area contributed by atoms with Crippen LogP contribution >= 0.6 is 11.6 Å². The third kappa shape index (κ3) is 2.26. The SMILES string of the molecule is Cc1cnc2c(c1)nc(C(C)Cl)n2C1CCC(=O)NC1. The lowest BCUT2D eigenvalue weighted by atomic mass is 10.1. The van der Waals surface area contributed by atoms with E-state index < -0.39 is 0 Å². The minimum absolute atomic E-state index is 0.106. The predicted octanol–water partition coefficient (Wildman–Crippen LogP) is 2.49. The number of halogens is 1. The Morgan fingerprint density at radius 3 is 3.00 bits per heavy atom. The molecule has 2 aromatic rings. The zero-order chi connectivity index (χ0) is 14.3. The van der Waals surface area contributed by atoms with Crippen LogP contribution in [0.25, 0.3) is 11.2 Å². The topological polar surface area (TPSA) is 59.8 Å². The van der Waals surface area contributed by atoms with Gasteiger partial charge in [-0.15, -0.1) is 11.6 Å². The fourth-order valence-corrected chi connectivity index (χ4v) is 2.83. The summed E-state index contributed by atoms with van der Waals surface area (Å²) in [6.45, 7) is 4.51. The van der Waals surface area contributed by atoms with E-state index in [4.69, 9.17) is 11.6 Å². The van der Waals surface area contributed by atoms with Crippen molar-refractivity contribution in [1.29, 1.82) is 0 Å². The van der Waals surface area contributed by atoms with Crippen LogP contribution in [0.15, 0.2) is 12.3 Å². The summed E-state index contributed by atoms with van der Waals surface area (Å²) in [4.78, 5) is 20.5. The van der Waals surface area contributed by atoms with Crippen LogP contribution in [-0.4, -0.2) is 27.0 Å². The summed E-state index contributed by atoms with van der Waals surface area (Å²) in [5.74, 6) is 0.927. The van der Waals surface area contributed by atoms with E-state index in [0.717, 1.165) is 29.0 Å². The largest absolute Gasteiger partial charge is 0.354 e. The number of imidazole rings is 1. The summed E-state index contributed by atoms with van der Waals surface area (Å²) in [5.41, 5.74) is 2.79. The van der Waals surface area contributed by atoms with Crippen LogP contribution in [0.2, 0.25) is 0 Å². The molecule has 1 aliphatic heterocycles. The summed E-state index contributed by atoms with van der Waals surface area (Å²) in [7, 11) is 0. The molecule has 2 unspecified atom stereocenters. The number of carbonyl (C=O) groups is 1. The van der Waals surface area contributed by atoms with Gasteiger partial charge in [-0.3, -0.25) is 4.79 Å². The number of pyridine rings is 1. The van der Waals surface area contributed by atoms with Crippen molar-refractivity contribution in [2.45, 2.75) is 38.1 Å². The number of amides is 1. The molecule has 1 amide bonds. The molecular formula is C14H17ClN4O. The van der Waals surface area contributed by atoms with Crippen LogP contribution in [-0.2, 0) is 4.79 Å². The smallest absolute Gasteiger partial charge is 0.220 e. The lowest BCUT2D eigenvalue weighted by molar-refractivity contribution is -0.122. The van der Waals surface area contributed by atoms with Crippen molar-refractivity contribution < 1.29 is 4.79 Å². The molecule has 0 bridgehead atoms. The Morgan fingerprint density at radius 1 is 1.55 bits per heavy atom. The molecule has 0 aliphatic carbocycles. The lowest BCUT2D eigenvalue weighted by Gasteiger charge is -2.26. The van der Waals surface area contributed by atoms with Crippen LogP contribution in [0.5, 0.6) is 0 Å². The van der Waals surface area contributed by atoms with Gasteiger partial charge in [-0.2, -0.15) is 0 Å². The third-order valence-corrected chi connectivity index (χ3v) is 3.85. The Balaban J connectivity index is 2.11. The Hall–Kier alpha value is -1.62. The second kappa shape index (κ2) is 5.05. The molecular weight excluding hydrogens is 276 g/mol. The van der Waals surface area contributed by atoms with Gasteiger partial charge in [0.25, 0.3) is 0 Å². The molecule has 0 aromatic carbocycles. The highest BCUT2D eigenvalue weighted by molar-refractivity contribution is 6.20. The van der Waals surface area contributed by atoms with Crippen molar-refractivity contribution in [3.63, 3.8) is 0 Å². The molecule has 1 N–H and O–H groups in total. The van der Waals surface area contributed by atoms with Gasteiger partial charge in [0.1, 0.15) is 11.3 Å². The second-order valence-electron chi connectivity index (χ2n) is 5.31. The van der Waals surface area contributed by atoms with Gasteiger partial charge < -0.3 is 9.88 Å². The molecule has 1 aliphatic rings. The summed E-state index contributed by atoms with van der Waals surface area (Å²) < 4.78 is 2.09. The van der Waals surface area contributed by atoms with E-state index in [9.17, 15) is 4.79 Å². The van der Waals surface area contributed by atoms with Crippen LogP contribution in [0, 0.1) is 6.92 Å². The maximum atomic E-state index is 11.3.